The molecule has 1 N–H and O–H groups in total. The minimum Gasteiger partial charge on any atom is -0.487 e. The molecule has 0 aliphatic heterocycles. The fourth-order valence-electron chi connectivity index (χ4n) is 1.69. The van der Waals surface area contributed by atoms with E-state index in [4.69, 9.17) is 9.84 Å². The molecule has 1 heterocycles. The van der Waals surface area contributed by atoms with Gasteiger partial charge in [0.05, 0.1) is 12.3 Å². The molecule has 0 spiro atoms. The third-order valence-corrected chi connectivity index (χ3v) is 2.69. The van der Waals surface area contributed by atoms with Crippen LogP contribution in [-0.4, -0.2) is 14.9 Å². The predicted molar refractivity (Wildman–Crippen MR) is 69.3 cm³/mol. The molecule has 102 valence electrons. The summed E-state index contributed by atoms with van der Waals surface area (Å²) in [6.07, 6.45) is 1.88. The van der Waals surface area contributed by atoms with Crippen LogP contribution in [0.25, 0.3) is 0 Å². The lowest BCUT2D eigenvalue weighted by atomic mass is 10.2. The average Bonchev–Trinajstić information content (AvgIpc) is 2.84. The van der Waals surface area contributed by atoms with Gasteiger partial charge in [-0.05, 0) is 37.6 Å². The molecule has 0 fully saturated rings. The van der Waals surface area contributed by atoms with E-state index in [9.17, 15) is 4.39 Å². The molecule has 0 saturated heterocycles. The third kappa shape index (κ3) is 3.54. The molecule has 0 radical (unpaired) electrons. The molecular formula is C14H17FN2O2. The summed E-state index contributed by atoms with van der Waals surface area (Å²) in [5.41, 5.74) is 1.27. The first-order chi connectivity index (χ1) is 9.08. The van der Waals surface area contributed by atoms with Crippen LogP contribution in [0, 0.1) is 5.82 Å². The Hall–Kier alpha value is -1.88. The van der Waals surface area contributed by atoms with Gasteiger partial charge in [0.15, 0.2) is 0 Å². The molecule has 0 saturated carbocycles. The van der Waals surface area contributed by atoms with Crippen LogP contribution < -0.4 is 4.74 Å². The molecule has 0 amide bonds. The van der Waals surface area contributed by atoms with Gasteiger partial charge in [-0.3, -0.25) is 4.68 Å². The summed E-state index contributed by atoms with van der Waals surface area (Å²) < 4.78 is 20.6. The van der Waals surface area contributed by atoms with Gasteiger partial charge in [0.1, 0.15) is 18.2 Å². The van der Waals surface area contributed by atoms with Gasteiger partial charge < -0.3 is 9.84 Å². The molecule has 4 nitrogen and oxygen atoms in total. The number of ether oxygens (including phenoxy) is 1. The summed E-state index contributed by atoms with van der Waals surface area (Å²) in [6, 6.07) is 6.34. The molecular weight excluding hydrogens is 247 g/mol. The molecule has 19 heavy (non-hydrogen) atoms. The Kier molecular flexibility index (Phi) is 4.16. The van der Waals surface area contributed by atoms with E-state index in [1.165, 1.54) is 12.1 Å². The van der Waals surface area contributed by atoms with E-state index in [0.29, 0.717) is 17.4 Å². The summed E-state index contributed by atoms with van der Waals surface area (Å²) in [7, 11) is 0. The van der Waals surface area contributed by atoms with Crippen LogP contribution in [0.1, 0.15) is 31.1 Å². The predicted octanol–water partition coefficient (Wildman–Crippen LogP) is 2.67. The maximum Gasteiger partial charge on any atom is 0.132 e. The first kappa shape index (κ1) is 13.5. The quantitative estimate of drug-likeness (QED) is 0.903. The molecule has 0 atom stereocenters. The minimum absolute atomic E-state index is 0.212. The minimum atomic E-state index is -0.422. The fraction of sp³-hybridized carbons (Fsp3) is 0.357. The number of benzene rings is 1. The molecule has 0 aliphatic carbocycles. The number of hydrogen-bond donors (Lipinski definition) is 1. The smallest absolute Gasteiger partial charge is 0.132 e. The number of hydrogen-bond acceptors (Lipinski definition) is 3. The van der Waals surface area contributed by atoms with Gasteiger partial charge in [-0.2, -0.15) is 5.10 Å². The number of nitrogens with zero attached hydrogens (tertiary/aromatic N) is 2. The van der Waals surface area contributed by atoms with Crippen molar-refractivity contribution in [1.29, 1.82) is 0 Å². The van der Waals surface area contributed by atoms with Gasteiger partial charge in [-0.15, -0.1) is 0 Å². The van der Waals surface area contributed by atoms with Gasteiger partial charge in [0, 0.05) is 18.3 Å². The standard InChI is InChI=1S/C14H17FN2O2/c1-10(2)17-4-3-13(16-17)9-19-14-6-11(8-18)5-12(15)7-14/h3-7,10,18H,8-9H2,1-2H3. The summed E-state index contributed by atoms with van der Waals surface area (Å²) >= 11 is 0. The van der Waals surface area contributed by atoms with Crippen molar-refractivity contribution in [3.05, 3.63) is 47.5 Å². The van der Waals surface area contributed by atoms with Crippen LogP contribution in [0.2, 0.25) is 0 Å². The maximum absolute atomic E-state index is 13.2. The van der Waals surface area contributed by atoms with Crippen LogP contribution in [0.4, 0.5) is 4.39 Å². The van der Waals surface area contributed by atoms with Crippen molar-refractivity contribution in [3.63, 3.8) is 0 Å². The number of halogens is 1. The number of aromatic nitrogens is 2. The van der Waals surface area contributed by atoms with E-state index < -0.39 is 5.82 Å². The Morgan fingerprint density at radius 2 is 2.16 bits per heavy atom. The second-order valence-electron chi connectivity index (χ2n) is 4.62. The van der Waals surface area contributed by atoms with Gasteiger partial charge in [-0.1, -0.05) is 0 Å². The maximum atomic E-state index is 13.2. The summed E-state index contributed by atoms with van der Waals surface area (Å²) in [5, 5.41) is 13.3. The zero-order valence-electron chi connectivity index (χ0n) is 11.0. The van der Waals surface area contributed by atoms with Crippen molar-refractivity contribution in [3.8, 4) is 5.75 Å². The van der Waals surface area contributed by atoms with Crippen molar-refractivity contribution < 1.29 is 14.2 Å². The van der Waals surface area contributed by atoms with Crippen molar-refractivity contribution in [2.45, 2.75) is 33.1 Å². The monoisotopic (exact) mass is 264 g/mol. The lowest BCUT2D eigenvalue weighted by Gasteiger charge is -2.07. The average molecular weight is 264 g/mol. The summed E-state index contributed by atoms with van der Waals surface area (Å²) in [6.45, 7) is 4.14. The number of aliphatic hydroxyl groups excluding tert-OH is 1. The molecule has 0 aliphatic rings. The highest BCUT2D eigenvalue weighted by Gasteiger charge is 2.05. The molecule has 0 bridgehead atoms. The second kappa shape index (κ2) is 5.84. The topological polar surface area (TPSA) is 47.3 Å². The van der Waals surface area contributed by atoms with E-state index in [1.807, 2.05) is 30.8 Å². The van der Waals surface area contributed by atoms with Crippen molar-refractivity contribution in [1.82, 2.24) is 9.78 Å². The highest BCUT2D eigenvalue weighted by molar-refractivity contribution is 5.29. The normalized spacial score (nSPS) is 11.0. The second-order valence-corrected chi connectivity index (χ2v) is 4.62. The first-order valence-electron chi connectivity index (χ1n) is 6.15. The molecule has 1 aromatic heterocycles. The molecule has 2 rings (SSSR count). The largest absolute Gasteiger partial charge is 0.487 e. The van der Waals surface area contributed by atoms with Crippen LogP contribution in [0.5, 0.6) is 5.75 Å². The van der Waals surface area contributed by atoms with Gasteiger partial charge in [0.2, 0.25) is 0 Å². The first-order valence-corrected chi connectivity index (χ1v) is 6.15. The Bertz CT molecular complexity index is 552. The van der Waals surface area contributed by atoms with Crippen LogP contribution in [0.15, 0.2) is 30.5 Å². The lowest BCUT2D eigenvalue weighted by molar-refractivity contribution is 0.275. The van der Waals surface area contributed by atoms with E-state index >= 15 is 0 Å². The van der Waals surface area contributed by atoms with Gasteiger partial charge >= 0.3 is 0 Å². The van der Waals surface area contributed by atoms with Crippen molar-refractivity contribution in [2.75, 3.05) is 0 Å². The lowest BCUT2D eigenvalue weighted by Crippen LogP contribution is -2.03. The van der Waals surface area contributed by atoms with Crippen LogP contribution in [0.3, 0.4) is 0 Å². The Morgan fingerprint density at radius 1 is 1.37 bits per heavy atom. The zero-order chi connectivity index (χ0) is 13.8. The van der Waals surface area contributed by atoms with Gasteiger partial charge in [-0.25, -0.2) is 4.39 Å². The number of rotatable bonds is 5. The van der Waals surface area contributed by atoms with Crippen LogP contribution >= 0.6 is 0 Å². The molecule has 2 aromatic rings. The number of aliphatic hydroxyl groups is 1. The highest BCUT2D eigenvalue weighted by atomic mass is 19.1. The van der Waals surface area contributed by atoms with E-state index in [0.717, 1.165) is 5.69 Å². The SMILES string of the molecule is CC(C)n1ccc(COc2cc(F)cc(CO)c2)n1. The van der Waals surface area contributed by atoms with E-state index in [2.05, 4.69) is 5.10 Å². The Morgan fingerprint density at radius 3 is 2.79 bits per heavy atom. The van der Waals surface area contributed by atoms with Gasteiger partial charge in [0.25, 0.3) is 0 Å². The molecule has 0 unspecified atom stereocenters. The molecule has 1 aromatic carbocycles. The summed E-state index contributed by atoms with van der Waals surface area (Å²) in [5.74, 6) is -0.0302. The van der Waals surface area contributed by atoms with Crippen molar-refractivity contribution >= 4 is 0 Å². The third-order valence-electron chi connectivity index (χ3n) is 2.69. The fourth-order valence-corrected chi connectivity index (χ4v) is 1.69. The molecule has 5 heteroatoms. The summed E-state index contributed by atoms with van der Waals surface area (Å²) in [4.78, 5) is 0. The Balaban J connectivity index is 2.03. The Labute approximate surface area is 111 Å². The zero-order valence-corrected chi connectivity index (χ0v) is 11.0. The highest BCUT2D eigenvalue weighted by Crippen LogP contribution is 2.18. The van der Waals surface area contributed by atoms with E-state index in [-0.39, 0.29) is 13.2 Å². The van der Waals surface area contributed by atoms with E-state index in [1.54, 1.807) is 6.07 Å². The van der Waals surface area contributed by atoms with Crippen LogP contribution in [-0.2, 0) is 13.2 Å². The van der Waals surface area contributed by atoms with Crippen molar-refractivity contribution in [2.24, 2.45) is 0 Å².